The smallest absolute Gasteiger partial charge is 0.252 e. The second-order valence-corrected chi connectivity index (χ2v) is 9.20. The molecule has 1 saturated carbocycles. The van der Waals surface area contributed by atoms with Crippen LogP contribution >= 0.6 is 0 Å². The highest BCUT2D eigenvalue weighted by atomic mass is 16.1. The molecule has 33 heavy (non-hydrogen) atoms. The summed E-state index contributed by atoms with van der Waals surface area (Å²) in [7, 11) is 1.93. The van der Waals surface area contributed by atoms with Crippen molar-refractivity contribution in [2.75, 3.05) is 0 Å². The lowest BCUT2D eigenvalue weighted by Gasteiger charge is -2.16. The first kappa shape index (κ1) is 21.4. The summed E-state index contributed by atoms with van der Waals surface area (Å²) >= 11 is 0. The summed E-state index contributed by atoms with van der Waals surface area (Å²) in [6.45, 7) is 8.61. The highest BCUT2D eigenvalue weighted by Crippen LogP contribution is 2.40. The number of hydrogen-bond donors (Lipinski definition) is 1. The number of pyridine rings is 1. The maximum absolute atomic E-state index is 13.6. The number of aryl methyl sites for hydroxylation is 3. The van der Waals surface area contributed by atoms with Gasteiger partial charge in [0.15, 0.2) is 5.65 Å². The van der Waals surface area contributed by atoms with Gasteiger partial charge in [-0.25, -0.2) is 9.67 Å². The number of carbonyl (C=O) groups excluding carboxylic acids is 1. The first-order chi connectivity index (χ1) is 15.8. The normalized spacial score (nSPS) is 14.6. The Morgan fingerprint density at radius 1 is 1.12 bits per heavy atom. The molecule has 1 amide bonds. The van der Waals surface area contributed by atoms with E-state index >= 15 is 0 Å². The van der Waals surface area contributed by atoms with Crippen LogP contribution in [-0.4, -0.2) is 30.5 Å². The number of aromatic nitrogens is 5. The highest BCUT2D eigenvalue weighted by molar-refractivity contribution is 6.06. The van der Waals surface area contributed by atoms with Crippen molar-refractivity contribution in [1.29, 1.82) is 0 Å². The highest BCUT2D eigenvalue weighted by Gasteiger charge is 2.29. The molecule has 0 saturated heterocycles. The molecule has 0 spiro atoms. The van der Waals surface area contributed by atoms with E-state index in [1.165, 1.54) is 0 Å². The Morgan fingerprint density at radius 2 is 1.85 bits per heavy atom. The molecule has 4 aromatic rings. The minimum atomic E-state index is -0.154. The number of carbonyl (C=O) groups is 1. The quantitative estimate of drug-likeness (QED) is 0.477. The molecular weight excluding hydrogens is 412 g/mol. The van der Waals surface area contributed by atoms with Gasteiger partial charge in [-0.05, 0) is 52.2 Å². The van der Waals surface area contributed by atoms with E-state index in [0.717, 1.165) is 57.8 Å². The fourth-order valence-electron chi connectivity index (χ4n) is 4.77. The minimum Gasteiger partial charge on any atom is -0.345 e. The predicted molar refractivity (Wildman–Crippen MR) is 128 cm³/mol. The van der Waals surface area contributed by atoms with Gasteiger partial charge in [0.05, 0.1) is 34.9 Å². The second-order valence-electron chi connectivity index (χ2n) is 9.20. The molecule has 0 radical (unpaired) electrons. The van der Waals surface area contributed by atoms with E-state index in [4.69, 9.17) is 10.1 Å². The molecule has 3 aromatic heterocycles. The Kier molecular flexibility index (Phi) is 5.27. The standard InChI is InChI=1S/C26H30N6O/c1-15(23-16(2)29-31(5)18(23)4)27-26(33)21-13-22(20-11-12-20)28-25-24(21)17(3)30-32(25)14-19-9-7-6-8-10-19/h6-10,13,15,20H,11-12,14H2,1-5H3,(H,27,33). The lowest BCUT2D eigenvalue weighted by Crippen LogP contribution is -2.28. The summed E-state index contributed by atoms with van der Waals surface area (Å²) in [5, 5.41) is 13.3. The molecule has 1 aromatic carbocycles. The maximum atomic E-state index is 13.6. The van der Waals surface area contributed by atoms with Crippen LogP contribution in [0, 0.1) is 20.8 Å². The topological polar surface area (TPSA) is 77.6 Å². The summed E-state index contributed by atoms with van der Waals surface area (Å²) in [5.41, 5.74) is 7.47. The van der Waals surface area contributed by atoms with E-state index in [0.29, 0.717) is 18.0 Å². The van der Waals surface area contributed by atoms with Crippen molar-refractivity contribution < 1.29 is 4.79 Å². The zero-order valence-corrected chi connectivity index (χ0v) is 19.9. The molecule has 7 heteroatoms. The minimum absolute atomic E-state index is 0.0955. The predicted octanol–water partition coefficient (Wildman–Crippen LogP) is 4.51. The third-order valence-electron chi connectivity index (χ3n) is 6.66. The number of fused-ring (bicyclic) bond motifs is 1. The van der Waals surface area contributed by atoms with Crippen LogP contribution < -0.4 is 5.32 Å². The molecular formula is C26H30N6O. The van der Waals surface area contributed by atoms with Crippen molar-refractivity contribution in [1.82, 2.24) is 29.9 Å². The van der Waals surface area contributed by atoms with Gasteiger partial charge < -0.3 is 5.32 Å². The molecule has 5 rings (SSSR count). The van der Waals surface area contributed by atoms with Gasteiger partial charge >= 0.3 is 0 Å². The third kappa shape index (κ3) is 3.92. The summed E-state index contributed by atoms with van der Waals surface area (Å²) < 4.78 is 3.79. The van der Waals surface area contributed by atoms with E-state index in [2.05, 4.69) is 22.5 Å². The number of nitrogens with one attached hydrogen (secondary N) is 1. The van der Waals surface area contributed by atoms with Crippen LogP contribution in [0.1, 0.15) is 76.0 Å². The molecule has 1 fully saturated rings. The fourth-order valence-corrected chi connectivity index (χ4v) is 4.77. The number of nitrogens with zero attached hydrogens (tertiary/aromatic N) is 5. The van der Waals surface area contributed by atoms with Gasteiger partial charge in [0.1, 0.15) is 0 Å². The summed E-state index contributed by atoms with van der Waals surface area (Å²) in [6.07, 6.45) is 2.24. The van der Waals surface area contributed by atoms with Crippen LogP contribution in [0.2, 0.25) is 0 Å². The second kappa shape index (κ2) is 8.14. The van der Waals surface area contributed by atoms with Gasteiger partial charge in [-0.15, -0.1) is 0 Å². The zero-order chi connectivity index (χ0) is 23.3. The lowest BCUT2D eigenvalue weighted by molar-refractivity contribution is 0.0941. The Hall–Kier alpha value is -3.48. The summed E-state index contributed by atoms with van der Waals surface area (Å²) in [4.78, 5) is 18.6. The van der Waals surface area contributed by atoms with Gasteiger partial charge in [0, 0.05) is 29.9 Å². The van der Waals surface area contributed by atoms with E-state index in [1.807, 2.05) is 68.4 Å². The van der Waals surface area contributed by atoms with E-state index in [-0.39, 0.29) is 11.9 Å². The van der Waals surface area contributed by atoms with Crippen molar-refractivity contribution in [2.24, 2.45) is 7.05 Å². The summed E-state index contributed by atoms with van der Waals surface area (Å²) in [6, 6.07) is 12.1. The molecule has 1 atom stereocenters. The molecule has 1 aliphatic rings. The zero-order valence-electron chi connectivity index (χ0n) is 19.9. The molecule has 0 bridgehead atoms. The van der Waals surface area contributed by atoms with Crippen LogP contribution in [0.25, 0.3) is 11.0 Å². The molecule has 1 aliphatic carbocycles. The van der Waals surface area contributed by atoms with Crippen molar-refractivity contribution in [2.45, 2.75) is 59.0 Å². The Bertz CT molecular complexity index is 1350. The Morgan fingerprint density at radius 3 is 2.48 bits per heavy atom. The number of amides is 1. The van der Waals surface area contributed by atoms with Crippen LogP contribution in [0.15, 0.2) is 36.4 Å². The average Bonchev–Trinajstić information content (AvgIpc) is 3.54. The first-order valence-electron chi connectivity index (χ1n) is 11.6. The van der Waals surface area contributed by atoms with Crippen LogP contribution in [-0.2, 0) is 13.6 Å². The van der Waals surface area contributed by atoms with Crippen LogP contribution in [0.3, 0.4) is 0 Å². The Balaban J connectivity index is 1.55. The number of rotatable bonds is 6. The van der Waals surface area contributed by atoms with Gasteiger partial charge in [0.2, 0.25) is 0 Å². The van der Waals surface area contributed by atoms with Gasteiger partial charge in [-0.3, -0.25) is 9.48 Å². The largest absolute Gasteiger partial charge is 0.345 e. The van der Waals surface area contributed by atoms with Gasteiger partial charge in [-0.2, -0.15) is 10.2 Å². The maximum Gasteiger partial charge on any atom is 0.252 e. The van der Waals surface area contributed by atoms with Crippen molar-refractivity contribution >= 4 is 16.9 Å². The van der Waals surface area contributed by atoms with E-state index in [1.54, 1.807) is 0 Å². The molecule has 1 N–H and O–H groups in total. The van der Waals surface area contributed by atoms with Gasteiger partial charge in [0.25, 0.3) is 5.91 Å². The lowest BCUT2D eigenvalue weighted by atomic mass is 10.0. The van der Waals surface area contributed by atoms with Crippen molar-refractivity contribution in [3.05, 3.63) is 75.9 Å². The van der Waals surface area contributed by atoms with Crippen molar-refractivity contribution in [3.63, 3.8) is 0 Å². The number of benzene rings is 1. The van der Waals surface area contributed by atoms with Crippen molar-refractivity contribution in [3.8, 4) is 0 Å². The fraction of sp³-hybridized carbons (Fsp3) is 0.385. The van der Waals surface area contributed by atoms with Crippen LogP contribution in [0.4, 0.5) is 0 Å². The molecule has 0 aliphatic heterocycles. The molecule has 3 heterocycles. The third-order valence-corrected chi connectivity index (χ3v) is 6.66. The molecule has 170 valence electrons. The summed E-state index contributed by atoms with van der Waals surface area (Å²) in [5.74, 6) is 0.336. The van der Waals surface area contributed by atoms with E-state index < -0.39 is 0 Å². The van der Waals surface area contributed by atoms with E-state index in [9.17, 15) is 4.79 Å². The monoisotopic (exact) mass is 442 g/mol. The van der Waals surface area contributed by atoms with Crippen LogP contribution in [0.5, 0.6) is 0 Å². The van der Waals surface area contributed by atoms with Gasteiger partial charge in [-0.1, -0.05) is 30.3 Å². The molecule has 7 nitrogen and oxygen atoms in total. The number of hydrogen-bond acceptors (Lipinski definition) is 4. The average molecular weight is 443 g/mol. The SMILES string of the molecule is Cc1nn(C)c(C)c1C(C)NC(=O)c1cc(C2CC2)nc2c1c(C)nn2Cc1ccccc1. The Labute approximate surface area is 193 Å². The first-order valence-corrected chi connectivity index (χ1v) is 11.6. The molecule has 1 unspecified atom stereocenters.